The van der Waals surface area contributed by atoms with Crippen molar-refractivity contribution in [1.82, 2.24) is 34.1 Å². The molecule has 9 N–H and O–H groups in total. The number of phosphoric acid groups is 3. The summed E-state index contributed by atoms with van der Waals surface area (Å²) in [5.74, 6) is -0.126. The van der Waals surface area contributed by atoms with Crippen LogP contribution in [0.5, 0.6) is 5.75 Å². The molecule has 2 fully saturated rings. The van der Waals surface area contributed by atoms with Gasteiger partial charge >= 0.3 is 5.65 Å². The Labute approximate surface area is 396 Å². The number of imidazole rings is 2. The summed E-state index contributed by atoms with van der Waals surface area (Å²) in [6, 6.07) is 6.52. The van der Waals surface area contributed by atoms with E-state index in [0.29, 0.717) is 10.8 Å². The molecule has 6 heterocycles. The number of aromatic nitrogens is 8. The summed E-state index contributed by atoms with van der Waals surface area (Å²) in [6.07, 6.45) is -12.4. The molecule has 70 heavy (non-hydrogen) atoms. The number of aromatic amines is 2. The smallest absolute Gasteiger partial charge is 0.313 e. The number of H-pyrrole nitrogens is 2. The molecule has 0 bridgehead atoms. The third kappa shape index (κ3) is 13.0. The van der Waals surface area contributed by atoms with E-state index in [9.17, 15) is 58.2 Å². The van der Waals surface area contributed by atoms with Gasteiger partial charge in [0.1, 0.15) is 61.6 Å². The molecule has 2 saturated heterocycles. The number of nitrogens with zero attached hydrogens (tertiary/aromatic N) is 6. The number of fused-ring (bicyclic) bond motifs is 2. The van der Waals surface area contributed by atoms with Gasteiger partial charge in [0.25, 0.3) is 32.7 Å². The van der Waals surface area contributed by atoms with Gasteiger partial charge in [-0.25, -0.2) is 9.55 Å². The molecule has 0 radical (unpaired) electrons. The minimum atomic E-state index is -6.00. The van der Waals surface area contributed by atoms with E-state index >= 15 is 0 Å². The number of benzene rings is 1. The average Bonchev–Trinajstić information content (AvgIpc) is 4.03. The largest absolute Gasteiger partial charge is 0.790 e. The van der Waals surface area contributed by atoms with Crippen LogP contribution in [0.4, 0.5) is 11.9 Å². The van der Waals surface area contributed by atoms with Gasteiger partial charge in [0, 0.05) is 12.1 Å². The fraction of sp³-hybridized carbons (Fsp3) is 0.529. The van der Waals surface area contributed by atoms with Gasteiger partial charge in [-0.3, -0.25) is 37.8 Å². The van der Waals surface area contributed by atoms with Crippen molar-refractivity contribution in [2.75, 3.05) is 64.8 Å². The van der Waals surface area contributed by atoms with Crippen molar-refractivity contribution in [3.8, 4) is 5.75 Å². The van der Waals surface area contributed by atoms with Crippen molar-refractivity contribution >= 4 is 69.3 Å². The number of aliphatic hydroxyl groups excluding tert-OH is 3. The van der Waals surface area contributed by atoms with Gasteiger partial charge in [0.15, 0.2) is 23.7 Å². The zero-order valence-corrected chi connectivity index (χ0v) is 39.4. The molecule has 3 unspecified atom stereocenters. The van der Waals surface area contributed by atoms with Gasteiger partial charge in [0.05, 0.1) is 53.8 Å². The van der Waals surface area contributed by atoms with Crippen LogP contribution in [0.1, 0.15) is 12.5 Å². The highest BCUT2D eigenvalue weighted by molar-refractivity contribution is 7.46. The first-order valence-corrected chi connectivity index (χ1v) is 25.1. The third-order valence-corrected chi connectivity index (χ3v) is 12.9. The predicted octanol–water partition coefficient (Wildman–Crippen LogP) is -4.83. The number of nitrogens with one attached hydrogen (secondary N) is 2. The van der Waals surface area contributed by atoms with Crippen LogP contribution < -0.4 is 51.5 Å². The molecule has 0 amide bonds. The van der Waals surface area contributed by atoms with Crippen molar-refractivity contribution in [3.05, 3.63) is 62.7 Å². The number of hydrogen-bond donors (Lipinski definition) is 7. The minimum Gasteiger partial charge on any atom is -0.790 e. The van der Waals surface area contributed by atoms with Crippen LogP contribution >= 0.6 is 35.1 Å². The number of halogens is 1. The van der Waals surface area contributed by atoms with Crippen LogP contribution in [0.2, 0.25) is 5.02 Å². The van der Waals surface area contributed by atoms with Gasteiger partial charge in [-0.15, -0.1) is 0 Å². The van der Waals surface area contributed by atoms with Crippen LogP contribution in [0.3, 0.4) is 0 Å². The van der Waals surface area contributed by atoms with Crippen molar-refractivity contribution in [3.63, 3.8) is 0 Å². The maximum atomic E-state index is 13.2. The van der Waals surface area contributed by atoms with Gasteiger partial charge in [0.2, 0.25) is 17.7 Å². The maximum Gasteiger partial charge on any atom is 0.313 e. The van der Waals surface area contributed by atoms with Crippen LogP contribution in [-0.4, -0.2) is 145 Å². The standard InChI is InChI=1S/C34H46ClN10O22P3/c1-58-8-9-60-26-24(47)20(66-32(26)45-15-43(22-28(45)40-34(37)42-30(22)50)6-7-59-17-4-2-16(35)3-5-17)13-64-70(56,57)62-11-18(67-68(51,52)53)10-61-69(54,55)63-12-19-23(46)25(48)31(65-19)44-14-38-21-27(44)39-33(36)41-29(21)49/h2-5,14-15,18-20,23-26,31-32,46-48H,6-13H2,1H3,(H9-,36,37,39,40,41,42,49,50,51,52,53,54,55,56,57)/p-3/t18?,19-,20-,23-,24-,25-,26-,31-,32-/m1/s1. The predicted molar refractivity (Wildman–Crippen MR) is 223 cm³/mol. The van der Waals surface area contributed by atoms with Gasteiger partial charge in [-0.1, -0.05) is 16.6 Å². The lowest BCUT2D eigenvalue weighted by Crippen LogP contribution is -2.47. The molecule has 2 aliphatic rings. The summed E-state index contributed by atoms with van der Waals surface area (Å²) in [5.41, 5.74) is 9.67. The van der Waals surface area contributed by atoms with Crippen LogP contribution in [0, 0.1) is 0 Å². The van der Waals surface area contributed by atoms with Crippen molar-refractivity contribution in [2.45, 2.75) is 61.7 Å². The molecular formula is C34H43ClN10O22P3-3. The molecule has 0 spiro atoms. The SMILES string of the molecule is COCCO[C@@H]1[C@H](O)[C@@H](COP(=O)([O-])OCC(COP(=O)([O-])OC[C@H]2O[C@@H](n3cnc4c(=O)[nH]c(N)nc43)[C@H](O)[C@@H]2O)OP(=O)([O-])[O-])O[C@H]1[n+]1cn(CCOc2ccc(Cl)cc2)c2c(=O)[nH]c(N)nc21. The van der Waals surface area contributed by atoms with Gasteiger partial charge < -0.3 is 97.2 Å². The molecule has 7 rings (SSSR count). The highest BCUT2D eigenvalue weighted by Gasteiger charge is 2.49. The molecule has 11 atom stereocenters. The number of anilines is 2. The fourth-order valence-corrected chi connectivity index (χ4v) is 9.24. The molecule has 32 nitrogen and oxygen atoms in total. The second-order valence-corrected chi connectivity index (χ2v) is 19.5. The van der Waals surface area contributed by atoms with E-state index in [2.05, 4.69) is 38.5 Å². The first-order chi connectivity index (χ1) is 33.0. The molecule has 2 aliphatic heterocycles. The zero-order chi connectivity index (χ0) is 50.7. The molecule has 5 aromatic rings. The fourth-order valence-electron chi connectivity index (χ4n) is 7.12. The Kier molecular flexibility index (Phi) is 16.9. The van der Waals surface area contributed by atoms with E-state index in [-0.39, 0.29) is 60.6 Å². The van der Waals surface area contributed by atoms with Gasteiger partial charge in [-0.2, -0.15) is 4.98 Å². The summed E-state index contributed by atoms with van der Waals surface area (Å²) in [7, 11) is -15.8. The first-order valence-electron chi connectivity index (χ1n) is 20.3. The average molecular weight is 1070 g/mol. The van der Waals surface area contributed by atoms with E-state index in [0.717, 1.165) is 10.9 Å². The summed E-state index contributed by atoms with van der Waals surface area (Å²) in [5, 5.41) is 33.1. The number of nitrogens with two attached hydrogens (primary N) is 2. The van der Waals surface area contributed by atoms with Gasteiger partial charge in [-0.05, 0) is 24.3 Å². The lowest BCUT2D eigenvalue weighted by atomic mass is 10.1. The molecule has 4 aromatic heterocycles. The first kappa shape index (κ1) is 53.5. The molecule has 36 heteroatoms. The quantitative estimate of drug-likeness (QED) is 0.0173. The van der Waals surface area contributed by atoms with Crippen LogP contribution in [0.15, 0.2) is 46.5 Å². The minimum absolute atomic E-state index is 0.00127. The summed E-state index contributed by atoms with van der Waals surface area (Å²) < 4.78 is 92.4. The number of rotatable bonds is 24. The normalized spacial score (nSPS) is 25.1. The number of aliphatic hydroxyl groups is 3. The highest BCUT2D eigenvalue weighted by atomic mass is 35.5. The lowest BCUT2D eigenvalue weighted by Gasteiger charge is -2.35. The van der Waals surface area contributed by atoms with Crippen molar-refractivity contribution in [1.29, 1.82) is 0 Å². The summed E-state index contributed by atoms with van der Waals surface area (Å²) >= 11 is 5.95. The van der Waals surface area contributed by atoms with E-state index in [1.54, 1.807) is 24.3 Å². The molecular weight excluding hydrogens is 1030 g/mol. The number of methoxy groups -OCH3 is 1. The second-order valence-electron chi connectivity index (χ2n) is 15.1. The van der Waals surface area contributed by atoms with E-state index in [1.165, 1.54) is 22.6 Å². The molecule has 0 aliphatic carbocycles. The Morgan fingerprint density at radius 1 is 0.857 bits per heavy atom. The lowest BCUT2D eigenvalue weighted by molar-refractivity contribution is -0.746. The molecule has 386 valence electrons. The summed E-state index contributed by atoms with van der Waals surface area (Å²) in [4.78, 5) is 90.7. The Bertz CT molecular complexity index is 2890. The van der Waals surface area contributed by atoms with Crippen molar-refractivity contribution in [2.24, 2.45) is 0 Å². The number of nitrogen functional groups attached to an aromatic ring is 2. The highest BCUT2D eigenvalue weighted by Crippen LogP contribution is 2.44. The Hall–Kier alpha value is -4.34. The second kappa shape index (κ2) is 22.2. The Morgan fingerprint density at radius 3 is 2.13 bits per heavy atom. The Morgan fingerprint density at radius 2 is 1.49 bits per heavy atom. The van der Waals surface area contributed by atoms with Crippen LogP contribution in [0.25, 0.3) is 22.3 Å². The molecule has 1 aromatic carbocycles. The maximum absolute atomic E-state index is 13.2. The number of ether oxygens (including phenoxy) is 5. The molecule has 0 saturated carbocycles. The van der Waals surface area contributed by atoms with E-state index in [4.69, 9.17) is 55.8 Å². The number of hydrogen-bond acceptors (Lipinski definition) is 27. The topological polar surface area (TPSA) is 467 Å². The summed E-state index contributed by atoms with van der Waals surface area (Å²) in [6.45, 7) is -4.84. The number of phosphoric ester groups is 3. The van der Waals surface area contributed by atoms with E-state index in [1.807, 2.05) is 0 Å². The van der Waals surface area contributed by atoms with E-state index < -0.39 is 116 Å². The van der Waals surface area contributed by atoms with Crippen molar-refractivity contribution < 1.29 is 99.5 Å². The monoisotopic (exact) mass is 1070 g/mol. The Balaban J connectivity index is 0.971. The van der Waals surface area contributed by atoms with Crippen LogP contribution in [-0.2, 0) is 61.8 Å². The zero-order valence-electron chi connectivity index (χ0n) is 36.0. The third-order valence-electron chi connectivity index (χ3n) is 10.3.